The molecule has 118 valence electrons. The Bertz CT molecular complexity index is 622. The Morgan fingerprint density at radius 2 is 2.14 bits per heavy atom. The van der Waals surface area contributed by atoms with Gasteiger partial charge in [0.05, 0.1) is 0 Å². The second-order valence-corrected chi connectivity index (χ2v) is 4.74. The summed E-state index contributed by atoms with van der Waals surface area (Å²) in [6.07, 6.45) is 2.57. The third-order valence-corrected chi connectivity index (χ3v) is 3.28. The van der Waals surface area contributed by atoms with Crippen LogP contribution >= 0.6 is 0 Å². The minimum absolute atomic E-state index is 0.220. The van der Waals surface area contributed by atoms with E-state index in [1.807, 2.05) is 17.6 Å². The van der Waals surface area contributed by atoms with Gasteiger partial charge >= 0.3 is 0 Å². The fourth-order valence-corrected chi connectivity index (χ4v) is 2.08. The summed E-state index contributed by atoms with van der Waals surface area (Å²) in [5.74, 6) is 1.37. The third-order valence-electron chi connectivity index (χ3n) is 3.28. The highest BCUT2D eigenvalue weighted by Crippen LogP contribution is 2.05. The largest absolute Gasteiger partial charge is 0.355 e. The number of nitrogens with zero attached hydrogens (tertiary/aromatic N) is 4. The summed E-state index contributed by atoms with van der Waals surface area (Å²) in [4.78, 5) is 4.13. The number of rotatable bonds is 6. The van der Waals surface area contributed by atoms with Gasteiger partial charge in [-0.2, -0.15) is 0 Å². The van der Waals surface area contributed by atoms with Gasteiger partial charge < -0.3 is 15.2 Å². The van der Waals surface area contributed by atoms with Crippen molar-refractivity contribution in [3.05, 3.63) is 47.8 Å². The molecule has 0 unspecified atom stereocenters. The van der Waals surface area contributed by atoms with Crippen LogP contribution in [0.3, 0.4) is 0 Å². The molecule has 0 fully saturated rings. The zero-order valence-electron chi connectivity index (χ0n) is 12.9. The zero-order chi connectivity index (χ0) is 15.8. The lowest BCUT2D eigenvalue weighted by Gasteiger charge is -2.13. The molecule has 7 heteroatoms. The van der Waals surface area contributed by atoms with E-state index in [1.165, 1.54) is 6.07 Å². The maximum absolute atomic E-state index is 13.5. The molecule has 0 radical (unpaired) electrons. The van der Waals surface area contributed by atoms with Crippen molar-refractivity contribution in [1.82, 2.24) is 25.4 Å². The van der Waals surface area contributed by atoms with Gasteiger partial charge in [0, 0.05) is 38.7 Å². The van der Waals surface area contributed by atoms with Crippen LogP contribution < -0.4 is 10.6 Å². The summed E-state index contributed by atoms with van der Waals surface area (Å²) < 4.78 is 15.5. The van der Waals surface area contributed by atoms with Gasteiger partial charge in [0.1, 0.15) is 18.0 Å². The van der Waals surface area contributed by atoms with E-state index in [1.54, 1.807) is 25.5 Å². The van der Waals surface area contributed by atoms with Crippen molar-refractivity contribution in [1.29, 1.82) is 0 Å². The first-order valence-electron chi connectivity index (χ1n) is 7.29. The summed E-state index contributed by atoms with van der Waals surface area (Å²) in [6, 6.07) is 6.69. The maximum Gasteiger partial charge on any atom is 0.191 e. The topological polar surface area (TPSA) is 67.1 Å². The number of aliphatic imine (C=N–C) groups is 1. The molecular weight excluding hydrogens is 283 g/mol. The summed E-state index contributed by atoms with van der Waals surface area (Å²) in [5, 5.41) is 14.2. The molecule has 22 heavy (non-hydrogen) atoms. The van der Waals surface area contributed by atoms with E-state index in [9.17, 15) is 4.39 Å². The fourth-order valence-electron chi connectivity index (χ4n) is 2.08. The number of benzene rings is 1. The molecule has 0 saturated carbocycles. The van der Waals surface area contributed by atoms with Gasteiger partial charge in [-0.25, -0.2) is 4.39 Å². The van der Waals surface area contributed by atoms with Crippen molar-refractivity contribution in [3.63, 3.8) is 0 Å². The predicted octanol–water partition coefficient (Wildman–Crippen LogP) is 1.34. The lowest BCUT2D eigenvalue weighted by molar-refractivity contribution is 0.602. The van der Waals surface area contributed by atoms with Crippen LogP contribution in [0.2, 0.25) is 0 Å². The highest BCUT2D eigenvalue weighted by atomic mass is 19.1. The van der Waals surface area contributed by atoms with E-state index in [-0.39, 0.29) is 5.82 Å². The monoisotopic (exact) mass is 304 g/mol. The smallest absolute Gasteiger partial charge is 0.191 e. The highest BCUT2D eigenvalue weighted by Gasteiger charge is 2.04. The number of guanidine groups is 1. The van der Waals surface area contributed by atoms with E-state index in [0.29, 0.717) is 24.6 Å². The minimum atomic E-state index is -0.220. The molecule has 2 N–H and O–H groups in total. The molecule has 0 aliphatic heterocycles. The molecule has 6 nitrogen and oxygen atoms in total. The Morgan fingerprint density at radius 3 is 2.86 bits per heavy atom. The van der Waals surface area contributed by atoms with E-state index < -0.39 is 0 Å². The molecule has 1 aromatic heterocycles. The second kappa shape index (κ2) is 8.11. The molecule has 0 amide bonds. The summed E-state index contributed by atoms with van der Waals surface area (Å²) in [6.45, 7) is 3.86. The van der Waals surface area contributed by atoms with Crippen molar-refractivity contribution in [2.75, 3.05) is 13.6 Å². The first kappa shape index (κ1) is 15.9. The molecule has 2 rings (SSSR count). The lowest BCUT2D eigenvalue weighted by atomic mass is 10.2. The molecular formula is C15H21FN6. The van der Waals surface area contributed by atoms with Gasteiger partial charge in [0.15, 0.2) is 5.96 Å². The fraction of sp³-hybridized carbons (Fsp3) is 0.400. The average Bonchev–Trinajstić information content (AvgIpc) is 2.99. The summed E-state index contributed by atoms with van der Waals surface area (Å²) >= 11 is 0. The standard InChI is InChI=1S/C15H21FN6/c1-3-14-21-20-11-22(14)9-8-18-15(17-2)19-10-12-6-4-5-7-13(12)16/h4-7,11H,3,8-10H2,1-2H3,(H2,17,18,19). The van der Waals surface area contributed by atoms with Crippen LogP contribution in [0.5, 0.6) is 0 Å². The summed E-state index contributed by atoms with van der Waals surface area (Å²) in [7, 11) is 1.69. The van der Waals surface area contributed by atoms with Crippen molar-refractivity contribution < 1.29 is 4.39 Å². The van der Waals surface area contributed by atoms with Gasteiger partial charge in [0.2, 0.25) is 0 Å². The van der Waals surface area contributed by atoms with Crippen LogP contribution in [-0.2, 0) is 19.5 Å². The molecule has 1 heterocycles. The number of aromatic nitrogens is 3. The van der Waals surface area contributed by atoms with Crippen molar-refractivity contribution >= 4 is 5.96 Å². The van der Waals surface area contributed by atoms with Crippen molar-refractivity contribution in [2.24, 2.45) is 4.99 Å². The lowest BCUT2D eigenvalue weighted by Crippen LogP contribution is -2.38. The Balaban J connectivity index is 1.79. The van der Waals surface area contributed by atoms with E-state index in [0.717, 1.165) is 18.8 Å². The number of nitrogens with one attached hydrogen (secondary N) is 2. The van der Waals surface area contributed by atoms with E-state index in [2.05, 4.69) is 25.8 Å². The van der Waals surface area contributed by atoms with Gasteiger partial charge in [-0.1, -0.05) is 25.1 Å². The SMILES string of the molecule is CCc1nncn1CCNC(=NC)NCc1ccccc1F. The quantitative estimate of drug-likeness (QED) is 0.624. The first-order chi connectivity index (χ1) is 10.7. The predicted molar refractivity (Wildman–Crippen MR) is 84.0 cm³/mol. The van der Waals surface area contributed by atoms with Gasteiger partial charge in [-0.15, -0.1) is 10.2 Å². The van der Waals surface area contributed by atoms with Gasteiger partial charge in [-0.3, -0.25) is 4.99 Å². The second-order valence-electron chi connectivity index (χ2n) is 4.74. The molecule has 0 spiro atoms. The molecule has 0 atom stereocenters. The Kier molecular flexibility index (Phi) is 5.88. The highest BCUT2D eigenvalue weighted by molar-refractivity contribution is 5.79. The Labute approximate surface area is 129 Å². The van der Waals surface area contributed by atoms with Gasteiger partial charge in [-0.05, 0) is 6.07 Å². The van der Waals surface area contributed by atoms with Crippen molar-refractivity contribution in [3.8, 4) is 0 Å². The van der Waals surface area contributed by atoms with Crippen LogP contribution in [0, 0.1) is 5.82 Å². The number of halogens is 1. The molecule has 2 aromatic rings. The zero-order valence-corrected chi connectivity index (χ0v) is 12.9. The minimum Gasteiger partial charge on any atom is -0.355 e. The molecule has 0 bridgehead atoms. The van der Waals surface area contributed by atoms with E-state index >= 15 is 0 Å². The van der Waals surface area contributed by atoms with Crippen LogP contribution in [0.1, 0.15) is 18.3 Å². The average molecular weight is 304 g/mol. The third kappa shape index (κ3) is 4.28. The Morgan fingerprint density at radius 1 is 1.32 bits per heavy atom. The molecule has 0 aliphatic rings. The maximum atomic E-state index is 13.5. The first-order valence-corrected chi connectivity index (χ1v) is 7.29. The van der Waals surface area contributed by atoms with Crippen LogP contribution in [0.15, 0.2) is 35.6 Å². The van der Waals surface area contributed by atoms with Crippen molar-refractivity contribution in [2.45, 2.75) is 26.4 Å². The number of aryl methyl sites for hydroxylation is 1. The normalized spacial score (nSPS) is 11.5. The van der Waals surface area contributed by atoms with Gasteiger partial charge in [0.25, 0.3) is 0 Å². The molecule has 0 aliphatic carbocycles. The Hall–Kier alpha value is -2.44. The molecule has 1 aromatic carbocycles. The molecule has 0 saturated heterocycles. The van der Waals surface area contributed by atoms with E-state index in [4.69, 9.17) is 0 Å². The summed E-state index contributed by atoms with van der Waals surface area (Å²) in [5.41, 5.74) is 0.609. The number of hydrogen-bond acceptors (Lipinski definition) is 3. The number of hydrogen-bond donors (Lipinski definition) is 2. The van der Waals surface area contributed by atoms with Crippen LogP contribution in [0.25, 0.3) is 0 Å². The van der Waals surface area contributed by atoms with Crippen LogP contribution in [-0.4, -0.2) is 34.3 Å². The van der Waals surface area contributed by atoms with Crippen LogP contribution in [0.4, 0.5) is 4.39 Å².